The highest BCUT2D eigenvalue weighted by Crippen LogP contribution is 2.15. The number of nitrogens with two attached hydrogens (primary N) is 1. The summed E-state index contributed by atoms with van der Waals surface area (Å²) in [5.41, 5.74) is 1.02. The third-order valence-electron chi connectivity index (χ3n) is 1.62. The summed E-state index contributed by atoms with van der Waals surface area (Å²) in [6, 6.07) is 9.61. The Hall–Kier alpha value is -0.670. The average Bonchev–Trinajstić information content (AvgIpc) is 2.05. The van der Waals surface area contributed by atoms with Gasteiger partial charge in [0.1, 0.15) is 0 Å². The van der Waals surface area contributed by atoms with Crippen molar-refractivity contribution in [1.82, 2.24) is 0 Å². The lowest BCUT2D eigenvalue weighted by molar-refractivity contribution is 0.677. The molecule has 0 bridgehead atoms. The monoisotopic (exact) mass is 169 g/mol. The number of rotatable bonds is 2. The van der Waals surface area contributed by atoms with Crippen molar-refractivity contribution in [3.63, 3.8) is 0 Å². The van der Waals surface area contributed by atoms with Gasteiger partial charge >= 0.3 is 0 Å². The highest BCUT2D eigenvalue weighted by molar-refractivity contribution is 7.82. The number of hydrogen-bond donors (Lipinski definition) is 1. The van der Waals surface area contributed by atoms with Crippen LogP contribution in [0.1, 0.15) is 17.7 Å². The van der Waals surface area contributed by atoms with Crippen LogP contribution in [0.5, 0.6) is 0 Å². The zero-order chi connectivity index (χ0) is 8.27. The molecule has 0 spiro atoms. The maximum absolute atomic E-state index is 10.8. The Morgan fingerprint density at radius 1 is 1.36 bits per heavy atom. The van der Waals surface area contributed by atoms with Crippen LogP contribution in [0.2, 0.25) is 0 Å². The minimum absolute atomic E-state index is 0.0730. The largest absolute Gasteiger partial charge is 0.251 e. The van der Waals surface area contributed by atoms with E-state index in [1.54, 1.807) is 0 Å². The Bertz CT molecular complexity index is 248. The van der Waals surface area contributed by atoms with Gasteiger partial charge in [0.2, 0.25) is 0 Å². The average molecular weight is 169 g/mol. The first-order valence-electron chi connectivity index (χ1n) is 3.41. The molecule has 0 aliphatic heterocycles. The zero-order valence-corrected chi connectivity index (χ0v) is 7.17. The van der Waals surface area contributed by atoms with Gasteiger partial charge in [0.05, 0.1) is 16.2 Å². The minimum Gasteiger partial charge on any atom is -0.251 e. The third kappa shape index (κ3) is 2.13. The smallest absolute Gasteiger partial charge is 0.0962 e. The summed E-state index contributed by atoms with van der Waals surface area (Å²) in [5, 5.41) is 5.17. The quantitative estimate of drug-likeness (QED) is 0.714. The highest BCUT2D eigenvalue weighted by Gasteiger charge is 2.07. The third-order valence-corrected chi connectivity index (χ3v) is 2.59. The lowest BCUT2D eigenvalue weighted by Gasteiger charge is -2.06. The van der Waals surface area contributed by atoms with Crippen LogP contribution in [0.4, 0.5) is 0 Å². The fourth-order valence-corrected chi connectivity index (χ4v) is 1.28. The van der Waals surface area contributed by atoms with Gasteiger partial charge in [0, 0.05) is 0 Å². The van der Waals surface area contributed by atoms with Crippen LogP contribution >= 0.6 is 0 Å². The predicted octanol–water partition coefficient (Wildman–Crippen LogP) is 1.37. The highest BCUT2D eigenvalue weighted by atomic mass is 32.2. The summed E-state index contributed by atoms with van der Waals surface area (Å²) in [7, 11) is -1.26. The first-order valence-corrected chi connectivity index (χ1v) is 4.69. The molecule has 1 aromatic rings. The van der Waals surface area contributed by atoms with E-state index in [4.69, 9.17) is 5.14 Å². The summed E-state index contributed by atoms with van der Waals surface area (Å²) < 4.78 is 10.8. The van der Waals surface area contributed by atoms with E-state index in [2.05, 4.69) is 0 Å². The zero-order valence-electron chi connectivity index (χ0n) is 6.36. The van der Waals surface area contributed by atoms with E-state index in [0.29, 0.717) is 0 Å². The van der Waals surface area contributed by atoms with E-state index >= 15 is 0 Å². The predicted molar refractivity (Wildman–Crippen MR) is 47.2 cm³/mol. The van der Waals surface area contributed by atoms with Crippen LogP contribution in [0, 0.1) is 0 Å². The van der Waals surface area contributed by atoms with Crippen molar-refractivity contribution in [3.05, 3.63) is 35.9 Å². The molecule has 60 valence electrons. The van der Waals surface area contributed by atoms with Crippen LogP contribution in [0.3, 0.4) is 0 Å². The fourth-order valence-electron chi connectivity index (χ4n) is 0.858. The molecule has 0 saturated carbocycles. The maximum atomic E-state index is 10.8. The van der Waals surface area contributed by atoms with Crippen molar-refractivity contribution in [2.24, 2.45) is 5.14 Å². The van der Waals surface area contributed by atoms with Crippen molar-refractivity contribution >= 4 is 11.0 Å². The van der Waals surface area contributed by atoms with Crippen molar-refractivity contribution < 1.29 is 4.21 Å². The van der Waals surface area contributed by atoms with Crippen molar-refractivity contribution in [3.8, 4) is 0 Å². The Morgan fingerprint density at radius 3 is 2.36 bits per heavy atom. The Kier molecular flexibility index (Phi) is 2.79. The maximum Gasteiger partial charge on any atom is 0.0962 e. The van der Waals surface area contributed by atoms with E-state index in [1.165, 1.54) is 0 Å². The Labute approximate surface area is 69.0 Å². The summed E-state index contributed by atoms with van der Waals surface area (Å²) >= 11 is 0. The second-order valence-corrected chi connectivity index (χ2v) is 3.75. The molecule has 1 rings (SSSR count). The van der Waals surface area contributed by atoms with Crippen molar-refractivity contribution in [2.75, 3.05) is 0 Å². The van der Waals surface area contributed by atoms with Gasteiger partial charge in [-0.05, 0) is 12.5 Å². The van der Waals surface area contributed by atoms with E-state index in [1.807, 2.05) is 37.3 Å². The molecule has 0 saturated heterocycles. The van der Waals surface area contributed by atoms with Crippen LogP contribution in [-0.2, 0) is 11.0 Å². The van der Waals surface area contributed by atoms with Crippen LogP contribution in [0.15, 0.2) is 30.3 Å². The van der Waals surface area contributed by atoms with Gasteiger partial charge < -0.3 is 0 Å². The molecule has 0 fully saturated rings. The second-order valence-electron chi connectivity index (χ2n) is 2.38. The molecule has 0 amide bonds. The van der Waals surface area contributed by atoms with Crippen molar-refractivity contribution in [1.29, 1.82) is 0 Å². The minimum atomic E-state index is -1.26. The molecule has 0 aliphatic rings. The van der Waals surface area contributed by atoms with Gasteiger partial charge in [-0.2, -0.15) is 0 Å². The molecule has 2 nitrogen and oxygen atoms in total. The molecule has 1 aromatic carbocycles. The molecule has 3 heteroatoms. The standard InChI is InChI=1S/C8H11NOS/c1-7(11(9)10)8-5-3-2-4-6-8/h2-7H,9H2,1H3/t7-,11+/m1/s1. The van der Waals surface area contributed by atoms with Crippen molar-refractivity contribution in [2.45, 2.75) is 12.2 Å². The van der Waals surface area contributed by atoms with Crippen LogP contribution < -0.4 is 5.14 Å². The fraction of sp³-hybridized carbons (Fsp3) is 0.250. The van der Waals surface area contributed by atoms with Gasteiger partial charge in [-0.15, -0.1) is 0 Å². The van der Waals surface area contributed by atoms with E-state index in [0.717, 1.165) is 5.56 Å². The Morgan fingerprint density at radius 2 is 1.91 bits per heavy atom. The molecule has 11 heavy (non-hydrogen) atoms. The van der Waals surface area contributed by atoms with E-state index < -0.39 is 11.0 Å². The van der Waals surface area contributed by atoms with E-state index in [-0.39, 0.29) is 5.25 Å². The summed E-state index contributed by atoms with van der Waals surface area (Å²) in [6.07, 6.45) is 0. The van der Waals surface area contributed by atoms with Gasteiger partial charge in [-0.25, -0.2) is 4.21 Å². The first-order chi connectivity index (χ1) is 5.22. The Balaban J connectivity index is 2.85. The SMILES string of the molecule is C[C@H](c1ccccc1)[S@@](N)=O. The second kappa shape index (κ2) is 3.64. The van der Waals surface area contributed by atoms with Gasteiger partial charge in [-0.1, -0.05) is 30.3 Å². The topological polar surface area (TPSA) is 43.1 Å². The molecule has 0 aliphatic carbocycles. The molecule has 2 N–H and O–H groups in total. The summed E-state index contributed by atoms with van der Waals surface area (Å²) in [5.74, 6) is 0. The normalized spacial score (nSPS) is 15.8. The van der Waals surface area contributed by atoms with Crippen LogP contribution in [0.25, 0.3) is 0 Å². The molecular formula is C8H11NOS. The summed E-state index contributed by atoms with van der Waals surface area (Å²) in [4.78, 5) is 0. The molecular weight excluding hydrogens is 158 g/mol. The lowest BCUT2D eigenvalue weighted by atomic mass is 10.2. The summed E-state index contributed by atoms with van der Waals surface area (Å²) in [6.45, 7) is 1.85. The van der Waals surface area contributed by atoms with E-state index in [9.17, 15) is 4.21 Å². The van der Waals surface area contributed by atoms with Gasteiger partial charge in [0.15, 0.2) is 0 Å². The van der Waals surface area contributed by atoms with Gasteiger partial charge in [-0.3, -0.25) is 5.14 Å². The number of benzene rings is 1. The first kappa shape index (κ1) is 8.43. The molecule has 0 heterocycles. The van der Waals surface area contributed by atoms with Gasteiger partial charge in [0.25, 0.3) is 0 Å². The van der Waals surface area contributed by atoms with Crippen LogP contribution in [-0.4, -0.2) is 4.21 Å². The molecule has 0 aromatic heterocycles. The molecule has 0 unspecified atom stereocenters. The lowest BCUT2D eigenvalue weighted by Crippen LogP contribution is -2.10. The molecule has 0 radical (unpaired) electrons. The number of hydrogen-bond acceptors (Lipinski definition) is 1. The molecule has 2 atom stereocenters.